The second-order valence-corrected chi connectivity index (χ2v) is 5.26. The van der Waals surface area contributed by atoms with Gasteiger partial charge in [-0.2, -0.15) is 25.8 Å². The fourth-order valence-corrected chi connectivity index (χ4v) is 1.51. The lowest BCUT2D eigenvalue weighted by molar-refractivity contribution is -0.137. The lowest BCUT2D eigenvalue weighted by Crippen LogP contribution is -2.28. The third kappa shape index (κ3) is 4.16. The number of alkyl halides is 3. The summed E-state index contributed by atoms with van der Waals surface area (Å²) in [6, 6.07) is 3.26. The van der Waals surface area contributed by atoms with Gasteiger partial charge >= 0.3 is 6.18 Å². The van der Waals surface area contributed by atoms with Crippen LogP contribution in [0.4, 0.5) is 18.9 Å². The third-order valence-electron chi connectivity index (χ3n) is 2.72. The molecule has 0 heterocycles. The van der Waals surface area contributed by atoms with E-state index in [2.05, 4.69) is 17.9 Å². The molecule has 19 heavy (non-hydrogen) atoms. The van der Waals surface area contributed by atoms with Crippen molar-refractivity contribution in [1.82, 2.24) is 0 Å². The summed E-state index contributed by atoms with van der Waals surface area (Å²) in [5.41, 5.74) is -0.0428. The smallest absolute Gasteiger partial charge is 0.325 e. The molecule has 0 fully saturated rings. The molecule has 1 aromatic rings. The van der Waals surface area contributed by atoms with Gasteiger partial charge in [0.25, 0.3) is 0 Å². The number of halogens is 3. The molecule has 1 N–H and O–H groups in total. The first-order valence-corrected chi connectivity index (χ1v) is 6.31. The van der Waals surface area contributed by atoms with Crippen LogP contribution in [-0.2, 0) is 11.0 Å². The van der Waals surface area contributed by atoms with Gasteiger partial charge < -0.3 is 5.32 Å². The van der Waals surface area contributed by atoms with E-state index in [9.17, 15) is 18.0 Å². The lowest BCUT2D eigenvalue weighted by Gasteiger charge is -2.17. The number of amides is 1. The topological polar surface area (TPSA) is 29.1 Å². The van der Waals surface area contributed by atoms with Crippen molar-refractivity contribution in [3.05, 3.63) is 29.3 Å². The monoisotopic (exact) mass is 291 g/mol. The summed E-state index contributed by atoms with van der Waals surface area (Å²) < 4.78 is 37.8. The lowest BCUT2D eigenvalue weighted by atomic mass is 10.1. The van der Waals surface area contributed by atoms with Gasteiger partial charge in [-0.25, -0.2) is 0 Å². The third-order valence-corrected chi connectivity index (χ3v) is 3.55. The maximum atomic E-state index is 12.6. The van der Waals surface area contributed by atoms with E-state index in [-0.39, 0.29) is 11.6 Å². The predicted octanol–water partition coefficient (Wildman–Crippen LogP) is 3.91. The van der Waals surface area contributed by atoms with E-state index in [1.165, 1.54) is 6.07 Å². The molecule has 0 aromatic heterocycles. The molecule has 2 nitrogen and oxygen atoms in total. The standard InChI is InChI=1S/C13H16F3NOS/c1-7(2)11(19)12(18)17-10-6-9(13(14,15)16)5-4-8(10)3/h4-7,11,19H,1-3H3,(H,17,18). The molecule has 0 radical (unpaired) electrons. The van der Waals surface area contributed by atoms with Crippen LogP contribution in [0.3, 0.4) is 0 Å². The SMILES string of the molecule is Cc1ccc(C(F)(F)F)cc1NC(=O)C(S)C(C)C. The van der Waals surface area contributed by atoms with E-state index in [0.717, 1.165) is 12.1 Å². The Morgan fingerprint density at radius 1 is 1.32 bits per heavy atom. The summed E-state index contributed by atoms with van der Waals surface area (Å²) in [6.45, 7) is 5.27. The Bertz CT molecular complexity index is 471. The molecule has 1 atom stereocenters. The Morgan fingerprint density at radius 3 is 2.37 bits per heavy atom. The summed E-state index contributed by atoms with van der Waals surface area (Å²) in [5.74, 6) is -0.407. The van der Waals surface area contributed by atoms with Crippen molar-refractivity contribution < 1.29 is 18.0 Å². The van der Waals surface area contributed by atoms with Crippen LogP contribution < -0.4 is 5.32 Å². The molecule has 0 spiro atoms. The highest BCUT2D eigenvalue weighted by molar-refractivity contribution is 7.81. The van der Waals surface area contributed by atoms with E-state index >= 15 is 0 Å². The summed E-state index contributed by atoms with van der Waals surface area (Å²) in [4.78, 5) is 11.8. The van der Waals surface area contributed by atoms with E-state index in [1.807, 2.05) is 13.8 Å². The van der Waals surface area contributed by atoms with Gasteiger partial charge in [-0.05, 0) is 30.5 Å². The number of thiol groups is 1. The fourth-order valence-electron chi connectivity index (χ4n) is 1.44. The number of hydrogen-bond acceptors (Lipinski definition) is 2. The minimum atomic E-state index is -4.43. The largest absolute Gasteiger partial charge is 0.416 e. The first kappa shape index (κ1) is 15.9. The summed E-state index contributed by atoms with van der Waals surface area (Å²) >= 11 is 4.13. The van der Waals surface area contributed by atoms with Crippen LogP contribution in [0.1, 0.15) is 25.0 Å². The molecule has 0 bridgehead atoms. The van der Waals surface area contributed by atoms with Gasteiger partial charge in [-0.15, -0.1) is 0 Å². The molecule has 106 valence electrons. The van der Waals surface area contributed by atoms with Crippen LogP contribution in [0.25, 0.3) is 0 Å². The number of rotatable bonds is 3. The molecule has 6 heteroatoms. The van der Waals surface area contributed by atoms with Crippen LogP contribution >= 0.6 is 12.6 Å². The second kappa shape index (κ2) is 5.86. The van der Waals surface area contributed by atoms with Crippen LogP contribution in [0.15, 0.2) is 18.2 Å². The quantitative estimate of drug-likeness (QED) is 0.812. The summed E-state index contributed by atoms with van der Waals surface area (Å²) in [5, 5.41) is 1.93. The van der Waals surface area contributed by atoms with Gasteiger partial charge in [0.05, 0.1) is 10.8 Å². The van der Waals surface area contributed by atoms with Gasteiger partial charge in [0.2, 0.25) is 5.91 Å². The molecule has 1 amide bonds. The van der Waals surface area contributed by atoms with E-state index < -0.39 is 22.9 Å². The van der Waals surface area contributed by atoms with E-state index in [1.54, 1.807) is 6.92 Å². The number of aryl methyl sites for hydroxylation is 1. The number of carbonyl (C=O) groups excluding carboxylic acids is 1. The number of benzene rings is 1. The van der Waals surface area contributed by atoms with Crippen LogP contribution in [0.5, 0.6) is 0 Å². The van der Waals surface area contributed by atoms with Gasteiger partial charge in [-0.1, -0.05) is 19.9 Å². The van der Waals surface area contributed by atoms with Crippen LogP contribution in [-0.4, -0.2) is 11.2 Å². The maximum absolute atomic E-state index is 12.6. The van der Waals surface area contributed by atoms with Crippen molar-refractivity contribution in [2.75, 3.05) is 5.32 Å². The molecular formula is C13H16F3NOS. The minimum Gasteiger partial charge on any atom is -0.325 e. The Balaban J connectivity index is 2.98. The highest BCUT2D eigenvalue weighted by atomic mass is 32.1. The average Bonchev–Trinajstić information content (AvgIpc) is 2.29. The van der Waals surface area contributed by atoms with E-state index in [0.29, 0.717) is 5.56 Å². The van der Waals surface area contributed by atoms with Gasteiger partial charge in [0.1, 0.15) is 0 Å². The minimum absolute atomic E-state index is 0.00515. The van der Waals surface area contributed by atoms with Crippen molar-refractivity contribution in [2.45, 2.75) is 32.2 Å². The zero-order valence-corrected chi connectivity index (χ0v) is 11.8. The fraction of sp³-hybridized carbons (Fsp3) is 0.462. The molecule has 1 rings (SSSR count). The first-order valence-electron chi connectivity index (χ1n) is 5.79. The molecule has 0 aliphatic rings. The zero-order chi connectivity index (χ0) is 14.8. The second-order valence-electron chi connectivity index (χ2n) is 4.71. The van der Waals surface area contributed by atoms with Gasteiger partial charge in [0.15, 0.2) is 0 Å². The highest BCUT2D eigenvalue weighted by Crippen LogP contribution is 2.32. The van der Waals surface area contributed by atoms with Gasteiger partial charge in [-0.3, -0.25) is 4.79 Å². The molecule has 1 unspecified atom stereocenters. The zero-order valence-electron chi connectivity index (χ0n) is 10.9. The Hall–Kier alpha value is -1.17. The Labute approximate surface area is 115 Å². The van der Waals surface area contributed by atoms with Crippen molar-refractivity contribution >= 4 is 24.2 Å². The van der Waals surface area contributed by atoms with Crippen LogP contribution in [0, 0.1) is 12.8 Å². The molecule has 0 saturated heterocycles. The van der Waals surface area contributed by atoms with Crippen molar-refractivity contribution in [1.29, 1.82) is 0 Å². The highest BCUT2D eigenvalue weighted by Gasteiger charge is 2.31. The van der Waals surface area contributed by atoms with Crippen molar-refractivity contribution in [3.63, 3.8) is 0 Å². The molecule has 0 saturated carbocycles. The number of carbonyl (C=O) groups is 1. The average molecular weight is 291 g/mol. The van der Waals surface area contributed by atoms with Crippen molar-refractivity contribution in [3.8, 4) is 0 Å². The molecule has 1 aromatic carbocycles. The van der Waals surface area contributed by atoms with E-state index in [4.69, 9.17) is 0 Å². The Kier molecular flexibility index (Phi) is 4.90. The van der Waals surface area contributed by atoms with Crippen LogP contribution in [0.2, 0.25) is 0 Å². The van der Waals surface area contributed by atoms with Gasteiger partial charge in [0, 0.05) is 5.69 Å². The normalized spacial score (nSPS) is 13.5. The summed E-state index contributed by atoms with van der Waals surface area (Å²) in [6.07, 6.45) is -4.43. The number of nitrogens with one attached hydrogen (secondary N) is 1. The molecular weight excluding hydrogens is 275 g/mol. The summed E-state index contributed by atoms with van der Waals surface area (Å²) in [7, 11) is 0. The Morgan fingerprint density at radius 2 is 1.89 bits per heavy atom. The number of anilines is 1. The maximum Gasteiger partial charge on any atom is 0.416 e. The molecule has 0 aliphatic carbocycles. The molecule has 0 aliphatic heterocycles. The van der Waals surface area contributed by atoms with Crippen molar-refractivity contribution in [2.24, 2.45) is 5.92 Å². The predicted molar refractivity (Wildman–Crippen MR) is 72.4 cm³/mol. The number of hydrogen-bond donors (Lipinski definition) is 2. The first-order chi connectivity index (χ1) is 8.62.